The quantitative estimate of drug-likeness (QED) is 0.326. The lowest BCUT2D eigenvalue weighted by molar-refractivity contribution is 0.0997. The average Bonchev–Trinajstić information content (AvgIpc) is 3.37. The van der Waals surface area contributed by atoms with Gasteiger partial charge in [0.2, 0.25) is 0 Å². The molecule has 0 fully saturated rings. The second-order valence-corrected chi connectivity index (χ2v) is 8.95. The van der Waals surface area contributed by atoms with E-state index >= 15 is 0 Å². The zero-order valence-electron chi connectivity index (χ0n) is 16.5. The molecule has 4 aromatic rings. The summed E-state index contributed by atoms with van der Waals surface area (Å²) in [6.07, 6.45) is 3.25. The third-order valence-electron chi connectivity index (χ3n) is 4.83. The molecule has 5 nitrogen and oxygen atoms in total. The maximum atomic E-state index is 12.7. The number of aryl methyl sites for hydroxylation is 1. The first-order chi connectivity index (χ1) is 14.5. The third-order valence-corrected chi connectivity index (χ3v) is 6.46. The van der Waals surface area contributed by atoms with Gasteiger partial charge in [0.15, 0.2) is 5.76 Å². The Bertz CT molecular complexity index is 1160. The van der Waals surface area contributed by atoms with Crippen molar-refractivity contribution >= 4 is 44.0 Å². The first-order valence-corrected chi connectivity index (χ1v) is 11.0. The Kier molecular flexibility index (Phi) is 6.01. The summed E-state index contributed by atoms with van der Waals surface area (Å²) in [5.41, 5.74) is 3.20. The lowest BCUT2D eigenvalue weighted by Crippen LogP contribution is -2.17. The molecule has 0 saturated heterocycles. The first kappa shape index (κ1) is 20.4. The number of nitrogens with one attached hydrogen (secondary N) is 2. The van der Waals surface area contributed by atoms with Crippen LogP contribution in [0.15, 0.2) is 75.9 Å². The van der Waals surface area contributed by atoms with Crippen LogP contribution in [0.2, 0.25) is 0 Å². The second kappa shape index (κ2) is 8.85. The van der Waals surface area contributed by atoms with Crippen LogP contribution in [0.4, 0.5) is 10.8 Å². The van der Waals surface area contributed by atoms with Crippen molar-refractivity contribution in [3.8, 4) is 0 Å². The summed E-state index contributed by atoms with van der Waals surface area (Å²) in [4.78, 5) is 18.3. The molecule has 30 heavy (non-hydrogen) atoms. The molecule has 0 saturated carbocycles. The minimum absolute atomic E-state index is 0.200. The smallest absolute Gasteiger partial charge is 0.291 e. The summed E-state index contributed by atoms with van der Waals surface area (Å²) in [6.45, 7) is 4.14. The summed E-state index contributed by atoms with van der Waals surface area (Å²) in [7, 11) is 0. The number of aromatic nitrogens is 1. The van der Waals surface area contributed by atoms with Crippen molar-refractivity contribution in [1.29, 1.82) is 0 Å². The van der Waals surface area contributed by atoms with Crippen LogP contribution in [0.5, 0.6) is 0 Å². The van der Waals surface area contributed by atoms with E-state index in [4.69, 9.17) is 4.42 Å². The average molecular weight is 482 g/mol. The van der Waals surface area contributed by atoms with Crippen LogP contribution in [-0.4, -0.2) is 10.9 Å². The highest BCUT2D eigenvalue weighted by molar-refractivity contribution is 9.10. The number of thiophene rings is 1. The molecule has 1 atom stereocenters. The number of nitrogens with zero attached hydrogens (tertiary/aromatic N) is 1. The fraction of sp³-hybridized carbons (Fsp3) is 0.130. The number of hydrogen-bond donors (Lipinski definition) is 2. The Balaban J connectivity index is 1.79. The molecule has 0 aliphatic heterocycles. The van der Waals surface area contributed by atoms with Gasteiger partial charge in [-0.3, -0.25) is 4.79 Å². The van der Waals surface area contributed by atoms with E-state index in [0.29, 0.717) is 0 Å². The van der Waals surface area contributed by atoms with Gasteiger partial charge in [-0.1, -0.05) is 34.1 Å². The molecule has 0 spiro atoms. The molecular weight excluding hydrogens is 462 g/mol. The van der Waals surface area contributed by atoms with E-state index in [1.54, 1.807) is 29.7 Å². The van der Waals surface area contributed by atoms with Crippen molar-refractivity contribution in [2.24, 2.45) is 0 Å². The summed E-state index contributed by atoms with van der Waals surface area (Å²) >= 11 is 5.13. The zero-order chi connectivity index (χ0) is 21.1. The van der Waals surface area contributed by atoms with Crippen LogP contribution in [0.1, 0.15) is 38.2 Å². The van der Waals surface area contributed by atoms with Crippen LogP contribution >= 0.6 is 27.3 Å². The van der Waals surface area contributed by atoms with Gasteiger partial charge in [0.05, 0.1) is 12.3 Å². The highest BCUT2D eigenvalue weighted by Crippen LogP contribution is 2.41. The maximum Gasteiger partial charge on any atom is 0.291 e. The molecule has 0 bridgehead atoms. The summed E-state index contributed by atoms with van der Waals surface area (Å²) in [5.74, 6) is 0.767. The molecule has 1 aromatic carbocycles. The lowest BCUT2D eigenvalue weighted by Gasteiger charge is -2.22. The van der Waals surface area contributed by atoms with E-state index in [1.807, 2.05) is 30.3 Å². The number of hydrogen-bond acceptors (Lipinski definition) is 5. The van der Waals surface area contributed by atoms with Gasteiger partial charge in [-0.2, -0.15) is 0 Å². The first-order valence-electron chi connectivity index (χ1n) is 9.40. The molecule has 0 aliphatic carbocycles. The van der Waals surface area contributed by atoms with Gasteiger partial charge in [-0.15, -0.1) is 11.3 Å². The second-order valence-electron chi connectivity index (χ2n) is 6.80. The van der Waals surface area contributed by atoms with E-state index < -0.39 is 0 Å². The molecule has 4 rings (SSSR count). The topological polar surface area (TPSA) is 67.2 Å². The monoisotopic (exact) mass is 481 g/mol. The fourth-order valence-corrected chi connectivity index (χ4v) is 4.77. The van der Waals surface area contributed by atoms with Gasteiger partial charge >= 0.3 is 0 Å². The number of halogens is 1. The predicted molar refractivity (Wildman–Crippen MR) is 124 cm³/mol. The number of amides is 1. The van der Waals surface area contributed by atoms with Crippen LogP contribution in [0, 0.1) is 13.8 Å². The SMILES string of the molecule is Cc1sc(NC(=O)c2ccco2)c(C(Nc2ccccn2)c2cccc(Br)c2)c1C. The van der Waals surface area contributed by atoms with E-state index in [2.05, 4.69) is 57.5 Å². The summed E-state index contributed by atoms with van der Waals surface area (Å²) < 4.78 is 6.25. The minimum Gasteiger partial charge on any atom is -0.459 e. The highest BCUT2D eigenvalue weighted by Gasteiger charge is 2.25. The molecule has 1 unspecified atom stereocenters. The molecule has 3 aromatic heterocycles. The number of carbonyl (C=O) groups excluding carboxylic acids is 1. The Morgan fingerprint density at radius 3 is 2.70 bits per heavy atom. The molecule has 1 amide bonds. The maximum absolute atomic E-state index is 12.7. The Hall–Kier alpha value is -2.90. The van der Waals surface area contributed by atoms with Crippen LogP contribution in [-0.2, 0) is 0 Å². The number of rotatable bonds is 6. The predicted octanol–water partition coefficient (Wildman–Crippen LogP) is 6.57. The number of furan rings is 1. The zero-order valence-corrected chi connectivity index (χ0v) is 18.9. The van der Waals surface area contributed by atoms with Crippen molar-refractivity contribution < 1.29 is 9.21 Å². The van der Waals surface area contributed by atoms with E-state index in [9.17, 15) is 4.79 Å². The minimum atomic E-state index is -0.270. The standard InChI is InChI=1S/C23H20BrN3O2S/c1-14-15(2)30-23(27-22(28)18-9-6-12-29-18)20(14)21(16-7-5-8-17(24)13-16)26-19-10-3-4-11-25-19/h3-13,21H,1-2H3,(H,25,26)(H,27,28). The van der Waals surface area contributed by atoms with Gasteiger partial charge < -0.3 is 15.1 Å². The normalized spacial score (nSPS) is 11.8. The van der Waals surface area contributed by atoms with Crippen molar-refractivity contribution in [1.82, 2.24) is 4.98 Å². The molecule has 0 radical (unpaired) electrons. The molecule has 2 N–H and O–H groups in total. The summed E-state index contributed by atoms with van der Waals surface area (Å²) in [6, 6.07) is 17.0. The van der Waals surface area contributed by atoms with Crippen molar-refractivity contribution in [2.75, 3.05) is 10.6 Å². The molecular formula is C23H20BrN3O2S. The Morgan fingerprint density at radius 1 is 1.13 bits per heavy atom. The van der Waals surface area contributed by atoms with Gasteiger partial charge in [0.1, 0.15) is 10.8 Å². The summed E-state index contributed by atoms with van der Waals surface area (Å²) in [5, 5.41) is 7.37. The molecule has 152 valence electrons. The van der Waals surface area contributed by atoms with Crippen molar-refractivity contribution in [3.63, 3.8) is 0 Å². The number of anilines is 2. The van der Waals surface area contributed by atoms with E-state index in [-0.39, 0.29) is 17.7 Å². The van der Waals surface area contributed by atoms with E-state index in [1.165, 1.54) is 6.26 Å². The largest absolute Gasteiger partial charge is 0.459 e. The molecule has 0 aliphatic rings. The number of benzene rings is 1. The molecule has 3 heterocycles. The van der Waals surface area contributed by atoms with Gasteiger partial charge in [0.25, 0.3) is 5.91 Å². The van der Waals surface area contributed by atoms with Crippen LogP contribution in [0.25, 0.3) is 0 Å². The van der Waals surface area contributed by atoms with Gasteiger partial charge in [-0.05, 0) is 61.4 Å². The van der Waals surface area contributed by atoms with E-state index in [0.717, 1.165) is 36.9 Å². The number of carbonyl (C=O) groups is 1. The van der Waals surface area contributed by atoms with Crippen LogP contribution < -0.4 is 10.6 Å². The van der Waals surface area contributed by atoms with Gasteiger partial charge in [0, 0.05) is 21.1 Å². The molecule has 7 heteroatoms. The fourth-order valence-electron chi connectivity index (χ4n) is 3.26. The third kappa shape index (κ3) is 4.32. The van der Waals surface area contributed by atoms with Crippen molar-refractivity contribution in [3.05, 3.63) is 98.9 Å². The Morgan fingerprint density at radius 2 is 2.00 bits per heavy atom. The van der Waals surface area contributed by atoms with Crippen molar-refractivity contribution in [2.45, 2.75) is 19.9 Å². The van der Waals surface area contributed by atoms with Gasteiger partial charge in [-0.25, -0.2) is 4.98 Å². The highest BCUT2D eigenvalue weighted by atomic mass is 79.9. The Labute approximate surface area is 187 Å². The number of pyridine rings is 1. The lowest BCUT2D eigenvalue weighted by atomic mass is 9.96. The van der Waals surface area contributed by atoms with Crippen LogP contribution in [0.3, 0.4) is 0 Å².